The fourth-order valence-corrected chi connectivity index (χ4v) is 7.12. The number of fused-ring (bicyclic) bond motifs is 2. The van der Waals surface area contributed by atoms with Crippen LogP contribution in [0.3, 0.4) is 0 Å². The van der Waals surface area contributed by atoms with Crippen molar-refractivity contribution in [2.24, 2.45) is 17.8 Å². The van der Waals surface area contributed by atoms with Gasteiger partial charge in [0, 0.05) is 29.6 Å². The van der Waals surface area contributed by atoms with Gasteiger partial charge in [0.1, 0.15) is 12.4 Å². The highest BCUT2D eigenvalue weighted by molar-refractivity contribution is 7.14. The van der Waals surface area contributed by atoms with Crippen molar-refractivity contribution in [2.75, 3.05) is 31.1 Å². The number of likely N-dealkylation sites (tertiary alicyclic amines) is 1. The predicted molar refractivity (Wildman–Crippen MR) is 148 cm³/mol. The Bertz CT molecular complexity index is 1450. The molecule has 6 rings (SSSR count). The molecule has 2 aliphatic heterocycles. The summed E-state index contributed by atoms with van der Waals surface area (Å²) in [5.74, 6) is -3.08. The molecule has 2 bridgehead atoms. The largest absolute Gasteiger partial charge is 0.488 e. The van der Waals surface area contributed by atoms with Crippen LogP contribution < -0.4 is 9.64 Å². The zero-order chi connectivity index (χ0) is 28.2. The summed E-state index contributed by atoms with van der Waals surface area (Å²) in [5.41, 5.74) is 4.91. The molecule has 40 heavy (non-hydrogen) atoms. The van der Waals surface area contributed by atoms with Crippen LogP contribution in [0.4, 0.5) is 13.9 Å². The lowest BCUT2D eigenvalue weighted by molar-refractivity contribution is -0.144. The Balaban J connectivity index is 1.16. The number of aryl methyl sites for hydroxylation is 2. The minimum Gasteiger partial charge on any atom is -0.488 e. The number of anilines is 1. The fraction of sp³-hybridized carbons (Fsp3) is 0.433. The second kappa shape index (κ2) is 10.1. The number of hydrogen-bond acceptors (Lipinski definition) is 6. The van der Waals surface area contributed by atoms with Crippen molar-refractivity contribution in [3.8, 4) is 17.0 Å². The molecule has 1 amide bonds. The van der Waals surface area contributed by atoms with E-state index in [4.69, 9.17) is 9.72 Å². The van der Waals surface area contributed by atoms with Gasteiger partial charge < -0.3 is 19.6 Å². The smallest absolute Gasteiger partial charge is 0.307 e. The van der Waals surface area contributed by atoms with E-state index in [2.05, 4.69) is 4.90 Å². The molecule has 0 radical (unpaired) electrons. The van der Waals surface area contributed by atoms with Crippen molar-refractivity contribution in [1.82, 2.24) is 9.88 Å². The highest BCUT2D eigenvalue weighted by atomic mass is 32.1. The maximum absolute atomic E-state index is 13.2. The van der Waals surface area contributed by atoms with Gasteiger partial charge in [-0.05, 0) is 73.9 Å². The van der Waals surface area contributed by atoms with Crippen LogP contribution in [0, 0.1) is 31.6 Å². The molecule has 210 valence electrons. The Morgan fingerprint density at radius 1 is 1.10 bits per heavy atom. The first kappa shape index (κ1) is 26.7. The molecule has 1 aromatic heterocycles. The van der Waals surface area contributed by atoms with Crippen LogP contribution in [0.15, 0.2) is 41.8 Å². The fourth-order valence-electron chi connectivity index (χ4n) is 6.27. The van der Waals surface area contributed by atoms with Crippen molar-refractivity contribution in [1.29, 1.82) is 0 Å². The lowest BCUT2D eigenvalue weighted by Crippen LogP contribution is -2.58. The second-order valence-corrected chi connectivity index (χ2v) is 12.2. The highest BCUT2D eigenvalue weighted by Crippen LogP contribution is 2.44. The van der Waals surface area contributed by atoms with E-state index in [9.17, 15) is 23.5 Å². The number of benzene rings is 2. The highest BCUT2D eigenvalue weighted by Gasteiger charge is 2.47. The number of piperidine rings is 1. The summed E-state index contributed by atoms with van der Waals surface area (Å²) >= 11 is 1.57. The van der Waals surface area contributed by atoms with Crippen LogP contribution in [-0.4, -0.2) is 59.0 Å². The standard InChI is InChI=1S/C30H31F2N3O4S/c1-17-3-8-25(39-13-22-7-4-19(10-18(22)2)27(36)35-15-30(31,32)16-35)23(9-17)24-14-40-29(33-24)34-11-20-5-6-21(12-34)26(20)28(37)38/h3-4,7-10,14,20-21,26H,5-6,11-13,15-16H2,1-2H3,(H,37,38)/t20-,21?,26+/m1/s1. The van der Waals surface area contributed by atoms with E-state index in [1.165, 1.54) is 0 Å². The van der Waals surface area contributed by atoms with Crippen molar-refractivity contribution in [2.45, 2.75) is 39.2 Å². The van der Waals surface area contributed by atoms with Crippen LogP contribution in [0.5, 0.6) is 5.75 Å². The Kier molecular flexibility index (Phi) is 6.76. The van der Waals surface area contributed by atoms with Crippen molar-refractivity contribution < 1.29 is 28.2 Å². The number of amides is 1. The zero-order valence-electron chi connectivity index (χ0n) is 22.4. The molecule has 3 aliphatic rings. The number of aliphatic carboxylic acids is 1. The summed E-state index contributed by atoms with van der Waals surface area (Å²) in [6.07, 6.45) is 1.91. The van der Waals surface area contributed by atoms with Crippen LogP contribution in [0.1, 0.15) is 39.9 Å². The number of halogens is 2. The molecule has 3 fully saturated rings. The van der Waals surface area contributed by atoms with Crippen molar-refractivity contribution in [3.63, 3.8) is 0 Å². The number of aromatic nitrogens is 1. The van der Waals surface area contributed by atoms with Crippen LogP contribution in [0.25, 0.3) is 11.3 Å². The third-order valence-corrected chi connectivity index (χ3v) is 9.30. The number of carbonyl (C=O) groups is 2. The maximum atomic E-state index is 13.2. The van der Waals surface area contributed by atoms with E-state index in [1.807, 2.05) is 43.5 Å². The lowest BCUT2D eigenvalue weighted by Gasteiger charge is -2.38. The zero-order valence-corrected chi connectivity index (χ0v) is 23.2. The van der Waals surface area contributed by atoms with E-state index in [-0.39, 0.29) is 30.3 Å². The van der Waals surface area contributed by atoms with Crippen molar-refractivity contribution in [3.05, 3.63) is 64.0 Å². The average molecular weight is 568 g/mol. The molecule has 1 aliphatic carbocycles. The Hall–Kier alpha value is -3.53. The van der Waals surface area contributed by atoms with E-state index < -0.39 is 25.0 Å². The summed E-state index contributed by atoms with van der Waals surface area (Å²) in [5, 5.41) is 12.6. The monoisotopic (exact) mass is 567 g/mol. The van der Waals surface area contributed by atoms with Gasteiger partial charge in [-0.1, -0.05) is 17.7 Å². The van der Waals surface area contributed by atoms with Crippen LogP contribution >= 0.6 is 11.3 Å². The quantitative estimate of drug-likeness (QED) is 0.398. The number of rotatable bonds is 7. The van der Waals surface area contributed by atoms with E-state index in [1.54, 1.807) is 23.5 Å². The lowest BCUT2D eigenvalue weighted by atomic mass is 9.85. The van der Waals surface area contributed by atoms with Gasteiger partial charge in [0.15, 0.2) is 5.13 Å². The van der Waals surface area contributed by atoms with Gasteiger partial charge in [0.05, 0.1) is 24.7 Å². The van der Waals surface area contributed by atoms with Gasteiger partial charge in [-0.2, -0.15) is 0 Å². The summed E-state index contributed by atoms with van der Waals surface area (Å²) < 4.78 is 32.6. The van der Waals surface area contributed by atoms with Crippen LogP contribution in [0.2, 0.25) is 0 Å². The molecule has 1 unspecified atom stereocenters. The third-order valence-electron chi connectivity index (χ3n) is 8.40. The minimum absolute atomic E-state index is 0.165. The molecular weight excluding hydrogens is 536 g/mol. The molecule has 1 saturated carbocycles. The number of carbonyl (C=O) groups excluding carboxylic acids is 1. The SMILES string of the molecule is Cc1ccc(OCc2ccc(C(=O)N3CC(F)(F)C3)cc2C)c(-c2csc(N3CC4CC[C@H](C3)[C@@H]4C(=O)O)n2)c1. The molecule has 2 saturated heterocycles. The molecule has 3 aromatic rings. The molecule has 2 aromatic carbocycles. The van der Waals surface area contributed by atoms with Gasteiger partial charge >= 0.3 is 5.97 Å². The van der Waals surface area contributed by atoms with Gasteiger partial charge in [-0.3, -0.25) is 9.59 Å². The Morgan fingerprint density at radius 2 is 1.82 bits per heavy atom. The number of carboxylic acids is 1. The van der Waals surface area contributed by atoms with Crippen molar-refractivity contribution >= 4 is 28.3 Å². The third kappa shape index (κ3) is 5.05. The molecule has 3 atom stereocenters. The van der Waals surface area contributed by atoms with Gasteiger partial charge in [0.2, 0.25) is 0 Å². The normalized spacial score (nSPS) is 23.1. The number of alkyl halides is 2. The molecule has 7 nitrogen and oxygen atoms in total. The van der Waals surface area contributed by atoms with Gasteiger partial charge in [0.25, 0.3) is 11.8 Å². The molecule has 3 heterocycles. The molecule has 0 spiro atoms. The average Bonchev–Trinajstić information content (AvgIpc) is 3.49. The van der Waals surface area contributed by atoms with Crippen LogP contribution in [-0.2, 0) is 11.4 Å². The second-order valence-electron chi connectivity index (χ2n) is 11.3. The summed E-state index contributed by atoms with van der Waals surface area (Å²) in [6.45, 7) is 4.54. The topological polar surface area (TPSA) is 83.0 Å². The van der Waals surface area contributed by atoms with Gasteiger partial charge in [-0.25, -0.2) is 13.8 Å². The molecule has 10 heteroatoms. The van der Waals surface area contributed by atoms with E-state index >= 15 is 0 Å². The summed E-state index contributed by atoms with van der Waals surface area (Å²) in [4.78, 5) is 32.6. The Morgan fingerprint density at radius 3 is 2.48 bits per heavy atom. The number of thiazole rings is 1. The van der Waals surface area contributed by atoms with E-state index in [0.29, 0.717) is 11.3 Å². The maximum Gasteiger partial charge on any atom is 0.307 e. The molecular formula is C30H31F2N3O4S. The minimum atomic E-state index is -2.79. The summed E-state index contributed by atoms with van der Waals surface area (Å²) in [6, 6.07) is 11.2. The first-order valence-corrected chi connectivity index (χ1v) is 14.4. The van der Waals surface area contributed by atoms with E-state index in [0.717, 1.165) is 63.9 Å². The molecule has 1 N–H and O–H groups in total. The first-order chi connectivity index (χ1) is 19.1. The Labute approximate surface area is 235 Å². The number of ether oxygens (including phenoxy) is 1. The number of nitrogens with zero attached hydrogens (tertiary/aromatic N) is 3. The summed E-state index contributed by atoms with van der Waals surface area (Å²) in [7, 11) is 0. The number of hydrogen-bond donors (Lipinski definition) is 1. The van der Waals surface area contributed by atoms with Gasteiger partial charge in [-0.15, -0.1) is 11.3 Å². The predicted octanol–water partition coefficient (Wildman–Crippen LogP) is 5.64. The first-order valence-electron chi connectivity index (χ1n) is 13.5. The number of carboxylic acid groups (broad SMARTS) is 1.